The monoisotopic (exact) mass is 343 g/mol. The van der Waals surface area contributed by atoms with Gasteiger partial charge < -0.3 is 14.1 Å². The van der Waals surface area contributed by atoms with Gasteiger partial charge in [0, 0.05) is 29.6 Å². The normalized spacial score (nSPS) is 10.8. The molecule has 3 rings (SSSR count). The van der Waals surface area contributed by atoms with Crippen LogP contribution < -0.4 is 4.74 Å². The fourth-order valence-corrected chi connectivity index (χ4v) is 2.85. The Balaban J connectivity index is 1.85. The molecule has 3 aromatic rings. The average Bonchev–Trinajstić information content (AvgIpc) is 2.97. The van der Waals surface area contributed by atoms with Crippen LogP contribution in [0.1, 0.15) is 21.7 Å². The van der Waals surface area contributed by atoms with Crippen molar-refractivity contribution in [1.29, 1.82) is 0 Å². The van der Waals surface area contributed by atoms with Crippen molar-refractivity contribution in [3.63, 3.8) is 0 Å². The van der Waals surface area contributed by atoms with Crippen molar-refractivity contribution in [2.75, 3.05) is 14.2 Å². The molecule has 0 N–H and O–H groups in total. The summed E-state index contributed by atoms with van der Waals surface area (Å²) in [6, 6.07) is 13.0. The van der Waals surface area contributed by atoms with E-state index >= 15 is 0 Å². The number of hydrogen-bond donors (Lipinski definition) is 0. The van der Waals surface area contributed by atoms with Crippen LogP contribution in [-0.2, 0) is 6.54 Å². The number of fused-ring (bicyclic) bond motifs is 1. The van der Waals surface area contributed by atoms with Gasteiger partial charge in [0.05, 0.1) is 7.11 Å². The molecule has 0 unspecified atom stereocenters. The predicted molar refractivity (Wildman–Crippen MR) is 94.8 cm³/mol. The average molecular weight is 344 g/mol. The zero-order valence-corrected chi connectivity index (χ0v) is 14.6. The second kappa shape index (κ2) is 6.57. The highest BCUT2D eigenvalue weighted by Crippen LogP contribution is 2.25. The Morgan fingerprint density at radius 1 is 1.21 bits per heavy atom. The predicted octanol–water partition coefficient (Wildman–Crippen LogP) is 4.68. The lowest BCUT2D eigenvalue weighted by Gasteiger charge is -2.18. The van der Waals surface area contributed by atoms with E-state index in [9.17, 15) is 4.79 Å². The molecule has 5 heteroatoms. The summed E-state index contributed by atoms with van der Waals surface area (Å²) < 4.78 is 11.0. The molecule has 0 aliphatic carbocycles. The van der Waals surface area contributed by atoms with E-state index in [0.717, 1.165) is 16.5 Å². The van der Waals surface area contributed by atoms with Crippen LogP contribution in [0.4, 0.5) is 0 Å². The molecular weight excluding hydrogens is 326 g/mol. The highest BCUT2D eigenvalue weighted by atomic mass is 35.5. The SMILES string of the molecule is COc1ccc(Cl)cc1CN(C)C(=O)c1cc2cc(C)ccc2o1. The molecule has 4 nitrogen and oxygen atoms in total. The van der Waals surface area contributed by atoms with Crippen molar-refractivity contribution >= 4 is 28.5 Å². The first-order valence-corrected chi connectivity index (χ1v) is 7.94. The number of carbonyl (C=O) groups excluding carboxylic acids is 1. The van der Waals surface area contributed by atoms with Crippen LogP contribution in [-0.4, -0.2) is 25.0 Å². The van der Waals surface area contributed by atoms with E-state index in [1.807, 2.05) is 25.1 Å². The number of aryl methyl sites for hydroxylation is 1. The summed E-state index contributed by atoms with van der Waals surface area (Å²) in [7, 11) is 3.32. The molecule has 0 radical (unpaired) electrons. The minimum absolute atomic E-state index is 0.189. The van der Waals surface area contributed by atoms with Gasteiger partial charge in [0.15, 0.2) is 5.76 Å². The number of ether oxygens (including phenoxy) is 1. The van der Waals surface area contributed by atoms with Crippen molar-refractivity contribution in [3.8, 4) is 5.75 Å². The molecule has 0 atom stereocenters. The van der Waals surface area contributed by atoms with E-state index in [-0.39, 0.29) is 5.91 Å². The molecule has 0 spiro atoms. The molecule has 0 aliphatic rings. The lowest BCUT2D eigenvalue weighted by Crippen LogP contribution is -2.26. The van der Waals surface area contributed by atoms with Gasteiger partial charge in [-0.25, -0.2) is 0 Å². The van der Waals surface area contributed by atoms with Gasteiger partial charge in [0.2, 0.25) is 0 Å². The molecular formula is C19H18ClNO3. The summed E-state index contributed by atoms with van der Waals surface area (Å²) in [5, 5.41) is 1.53. The Labute approximate surface area is 145 Å². The summed E-state index contributed by atoms with van der Waals surface area (Å²) in [5.74, 6) is 0.823. The zero-order chi connectivity index (χ0) is 17.3. The van der Waals surface area contributed by atoms with E-state index in [2.05, 4.69) is 0 Å². The van der Waals surface area contributed by atoms with Crippen LogP contribution in [0.25, 0.3) is 11.0 Å². The summed E-state index contributed by atoms with van der Waals surface area (Å²) in [6.07, 6.45) is 0. The lowest BCUT2D eigenvalue weighted by atomic mass is 10.1. The Kier molecular flexibility index (Phi) is 4.49. The Hall–Kier alpha value is -2.46. The molecule has 0 fully saturated rings. The number of amides is 1. The number of methoxy groups -OCH3 is 1. The Morgan fingerprint density at radius 3 is 2.75 bits per heavy atom. The van der Waals surface area contributed by atoms with Crippen molar-refractivity contribution in [3.05, 3.63) is 64.4 Å². The number of halogens is 1. The summed E-state index contributed by atoms with van der Waals surface area (Å²) >= 11 is 6.04. The molecule has 1 aromatic heterocycles. The first kappa shape index (κ1) is 16.4. The molecule has 0 aliphatic heterocycles. The number of nitrogens with zero attached hydrogens (tertiary/aromatic N) is 1. The van der Waals surface area contributed by atoms with E-state index in [0.29, 0.717) is 28.7 Å². The number of benzene rings is 2. The minimum atomic E-state index is -0.189. The van der Waals surface area contributed by atoms with Gasteiger partial charge in [-0.3, -0.25) is 4.79 Å². The van der Waals surface area contributed by atoms with Gasteiger partial charge in [-0.2, -0.15) is 0 Å². The summed E-state index contributed by atoms with van der Waals surface area (Å²) in [6.45, 7) is 2.38. The Bertz CT molecular complexity index is 901. The fraction of sp³-hybridized carbons (Fsp3) is 0.211. The molecule has 1 amide bonds. The molecule has 2 aromatic carbocycles. The number of rotatable bonds is 4. The van der Waals surface area contributed by atoms with Gasteiger partial charge in [-0.05, 0) is 43.3 Å². The standard InChI is InChI=1S/C19H18ClNO3/c1-12-4-6-17-13(8-12)10-18(24-17)19(22)21(2)11-14-9-15(20)5-7-16(14)23-3/h4-10H,11H2,1-3H3. The highest BCUT2D eigenvalue weighted by molar-refractivity contribution is 6.30. The third kappa shape index (κ3) is 3.24. The molecule has 124 valence electrons. The van der Waals surface area contributed by atoms with Crippen LogP contribution in [0.15, 0.2) is 46.9 Å². The number of hydrogen-bond acceptors (Lipinski definition) is 3. The van der Waals surface area contributed by atoms with Crippen LogP contribution in [0.3, 0.4) is 0 Å². The van der Waals surface area contributed by atoms with E-state index in [4.69, 9.17) is 20.8 Å². The topological polar surface area (TPSA) is 42.7 Å². The van der Waals surface area contributed by atoms with Crippen LogP contribution in [0.2, 0.25) is 5.02 Å². The van der Waals surface area contributed by atoms with Crippen molar-refractivity contribution < 1.29 is 13.9 Å². The molecule has 1 heterocycles. The summed E-state index contributed by atoms with van der Waals surface area (Å²) in [4.78, 5) is 14.2. The van der Waals surface area contributed by atoms with Gasteiger partial charge in [0.1, 0.15) is 11.3 Å². The minimum Gasteiger partial charge on any atom is -0.496 e. The fourth-order valence-electron chi connectivity index (χ4n) is 2.65. The first-order valence-electron chi connectivity index (χ1n) is 7.56. The van der Waals surface area contributed by atoms with Crippen molar-refractivity contribution in [1.82, 2.24) is 4.90 Å². The van der Waals surface area contributed by atoms with Crippen molar-refractivity contribution in [2.24, 2.45) is 0 Å². The Morgan fingerprint density at radius 2 is 2.00 bits per heavy atom. The van der Waals surface area contributed by atoms with Gasteiger partial charge in [0.25, 0.3) is 5.91 Å². The first-order chi connectivity index (χ1) is 11.5. The van der Waals surface area contributed by atoms with Gasteiger partial charge in [-0.1, -0.05) is 23.2 Å². The smallest absolute Gasteiger partial charge is 0.289 e. The molecule has 0 saturated carbocycles. The molecule has 24 heavy (non-hydrogen) atoms. The third-order valence-corrected chi connectivity index (χ3v) is 4.11. The zero-order valence-electron chi connectivity index (χ0n) is 13.8. The third-order valence-electron chi connectivity index (χ3n) is 3.88. The quantitative estimate of drug-likeness (QED) is 0.691. The van der Waals surface area contributed by atoms with Crippen LogP contribution >= 0.6 is 11.6 Å². The molecule has 0 bridgehead atoms. The van der Waals surface area contributed by atoms with Gasteiger partial charge >= 0.3 is 0 Å². The van der Waals surface area contributed by atoms with E-state index in [1.54, 1.807) is 43.3 Å². The van der Waals surface area contributed by atoms with E-state index < -0.39 is 0 Å². The summed E-state index contributed by atoms with van der Waals surface area (Å²) in [5.41, 5.74) is 2.67. The van der Waals surface area contributed by atoms with E-state index in [1.165, 1.54) is 0 Å². The van der Waals surface area contributed by atoms with Crippen molar-refractivity contribution in [2.45, 2.75) is 13.5 Å². The van der Waals surface area contributed by atoms with Crippen LogP contribution in [0, 0.1) is 6.92 Å². The largest absolute Gasteiger partial charge is 0.496 e. The second-order valence-electron chi connectivity index (χ2n) is 5.77. The number of furan rings is 1. The maximum absolute atomic E-state index is 12.6. The maximum Gasteiger partial charge on any atom is 0.289 e. The molecule has 0 saturated heterocycles. The number of carbonyl (C=O) groups is 1. The maximum atomic E-state index is 12.6. The van der Waals surface area contributed by atoms with Gasteiger partial charge in [-0.15, -0.1) is 0 Å². The highest BCUT2D eigenvalue weighted by Gasteiger charge is 2.18. The lowest BCUT2D eigenvalue weighted by molar-refractivity contribution is 0.0755. The van der Waals surface area contributed by atoms with Crippen LogP contribution in [0.5, 0.6) is 5.75 Å². The second-order valence-corrected chi connectivity index (χ2v) is 6.21.